The van der Waals surface area contributed by atoms with Gasteiger partial charge in [0.1, 0.15) is 12.1 Å². The van der Waals surface area contributed by atoms with Crippen molar-refractivity contribution in [1.82, 2.24) is 19.5 Å². The summed E-state index contributed by atoms with van der Waals surface area (Å²) in [6.45, 7) is 8.87. The zero-order valence-electron chi connectivity index (χ0n) is 10.7. The van der Waals surface area contributed by atoms with Gasteiger partial charge in [0.15, 0.2) is 0 Å². The number of nitrogens with zero attached hydrogens (tertiary/aromatic N) is 4. The smallest absolute Gasteiger partial charge is 0.224 e. The van der Waals surface area contributed by atoms with Crippen molar-refractivity contribution in [1.29, 1.82) is 0 Å². The lowest BCUT2D eigenvalue weighted by molar-refractivity contribution is 0.915. The molecule has 2 heterocycles. The van der Waals surface area contributed by atoms with E-state index in [1.165, 1.54) is 0 Å². The molecule has 0 radical (unpaired) electrons. The molecule has 0 saturated carbocycles. The van der Waals surface area contributed by atoms with Gasteiger partial charge in [0.05, 0.1) is 5.69 Å². The predicted octanol–water partition coefficient (Wildman–Crippen LogP) is 2.02. The lowest BCUT2D eigenvalue weighted by Crippen LogP contribution is -2.08. The third-order valence-electron chi connectivity index (χ3n) is 2.76. The standard InChI is InChI=1S/C12H17N5/c1-5-13-12-14-6-8(2)11(16-12)17-7-15-9(3)10(17)4/h6-7H,5H2,1-4H3,(H,13,14,16). The fraction of sp³-hybridized carbons (Fsp3) is 0.417. The normalized spacial score (nSPS) is 10.6. The summed E-state index contributed by atoms with van der Waals surface area (Å²) in [5, 5.41) is 3.12. The van der Waals surface area contributed by atoms with Crippen LogP contribution in [0.3, 0.4) is 0 Å². The van der Waals surface area contributed by atoms with Crippen molar-refractivity contribution < 1.29 is 0 Å². The summed E-state index contributed by atoms with van der Waals surface area (Å²) in [7, 11) is 0. The number of hydrogen-bond acceptors (Lipinski definition) is 4. The van der Waals surface area contributed by atoms with Crippen molar-refractivity contribution in [2.75, 3.05) is 11.9 Å². The number of hydrogen-bond donors (Lipinski definition) is 1. The molecule has 0 aromatic carbocycles. The molecule has 0 spiro atoms. The van der Waals surface area contributed by atoms with Crippen molar-refractivity contribution in [3.05, 3.63) is 29.5 Å². The van der Waals surface area contributed by atoms with E-state index in [-0.39, 0.29) is 0 Å². The van der Waals surface area contributed by atoms with Gasteiger partial charge in [-0.1, -0.05) is 0 Å². The fourth-order valence-electron chi connectivity index (χ4n) is 1.63. The van der Waals surface area contributed by atoms with E-state index in [9.17, 15) is 0 Å². The van der Waals surface area contributed by atoms with Gasteiger partial charge in [-0.25, -0.2) is 9.97 Å². The van der Waals surface area contributed by atoms with Crippen LogP contribution < -0.4 is 5.32 Å². The number of imidazole rings is 1. The summed E-state index contributed by atoms with van der Waals surface area (Å²) in [6.07, 6.45) is 3.63. The maximum absolute atomic E-state index is 4.51. The monoisotopic (exact) mass is 231 g/mol. The molecule has 0 atom stereocenters. The Morgan fingerprint density at radius 2 is 2.00 bits per heavy atom. The van der Waals surface area contributed by atoms with Crippen molar-refractivity contribution >= 4 is 5.95 Å². The van der Waals surface area contributed by atoms with E-state index in [4.69, 9.17) is 0 Å². The first kappa shape index (κ1) is 11.6. The van der Waals surface area contributed by atoms with Gasteiger partial charge < -0.3 is 5.32 Å². The summed E-state index contributed by atoms with van der Waals surface area (Å²) in [6, 6.07) is 0. The topological polar surface area (TPSA) is 55.6 Å². The third kappa shape index (κ3) is 2.13. The van der Waals surface area contributed by atoms with Crippen molar-refractivity contribution in [2.24, 2.45) is 0 Å². The minimum Gasteiger partial charge on any atom is -0.354 e. The van der Waals surface area contributed by atoms with Crippen LogP contribution in [0.5, 0.6) is 0 Å². The van der Waals surface area contributed by atoms with E-state index in [1.807, 2.05) is 38.5 Å². The lowest BCUT2D eigenvalue weighted by Gasteiger charge is -2.09. The maximum atomic E-state index is 4.51. The molecule has 5 nitrogen and oxygen atoms in total. The van der Waals surface area contributed by atoms with Crippen LogP contribution in [0, 0.1) is 20.8 Å². The number of rotatable bonds is 3. The molecule has 17 heavy (non-hydrogen) atoms. The van der Waals surface area contributed by atoms with E-state index < -0.39 is 0 Å². The Bertz CT molecular complexity index is 530. The molecule has 0 aliphatic heterocycles. The molecule has 2 aromatic rings. The fourth-order valence-corrected chi connectivity index (χ4v) is 1.63. The molecule has 0 unspecified atom stereocenters. The van der Waals surface area contributed by atoms with Crippen LogP contribution in [0.1, 0.15) is 23.9 Å². The highest BCUT2D eigenvalue weighted by Gasteiger charge is 2.09. The van der Waals surface area contributed by atoms with Gasteiger partial charge in [-0.05, 0) is 27.7 Å². The number of aromatic nitrogens is 4. The summed E-state index contributed by atoms with van der Waals surface area (Å²) < 4.78 is 1.99. The van der Waals surface area contributed by atoms with Crippen LogP contribution in [0.4, 0.5) is 5.95 Å². The molecule has 90 valence electrons. The second-order valence-electron chi connectivity index (χ2n) is 4.02. The van der Waals surface area contributed by atoms with Crippen LogP contribution in [0.25, 0.3) is 5.82 Å². The molecule has 5 heteroatoms. The van der Waals surface area contributed by atoms with Crippen LogP contribution in [0.2, 0.25) is 0 Å². The van der Waals surface area contributed by atoms with Gasteiger partial charge in [0, 0.05) is 24.0 Å². The highest BCUT2D eigenvalue weighted by molar-refractivity contribution is 5.39. The molecule has 0 amide bonds. The number of nitrogens with one attached hydrogen (secondary N) is 1. The molecule has 0 aliphatic carbocycles. The average Bonchev–Trinajstić information content (AvgIpc) is 2.63. The molecule has 1 N–H and O–H groups in total. The molecular formula is C12H17N5. The van der Waals surface area contributed by atoms with E-state index in [1.54, 1.807) is 6.33 Å². The van der Waals surface area contributed by atoms with E-state index >= 15 is 0 Å². The van der Waals surface area contributed by atoms with E-state index in [0.717, 1.165) is 29.3 Å². The Morgan fingerprint density at radius 1 is 1.24 bits per heavy atom. The Morgan fingerprint density at radius 3 is 2.59 bits per heavy atom. The zero-order valence-corrected chi connectivity index (χ0v) is 10.7. The maximum Gasteiger partial charge on any atom is 0.224 e. The molecular weight excluding hydrogens is 214 g/mol. The van der Waals surface area contributed by atoms with Crippen molar-refractivity contribution in [2.45, 2.75) is 27.7 Å². The largest absolute Gasteiger partial charge is 0.354 e. The van der Waals surface area contributed by atoms with Gasteiger partial charge in [0.25, 0.3) is 0 Å². The predicted molar refractivity (Wildman–Crippen MR) is 67.5 cm³/mol. The van der Waals surface area contributed by atoms with Crippen LogP contribution in [-0.2, 0) is 0 Å². The van der Waals surface area contributed by atoms with Crippen molar-refractivity contribution in [3.63, 3.8) is 0 Å². The Hall–Kier alpha value is -1.91. The second-order valence-corrected chi connectivity index (χ2v) is 4.02. The number of aryl methyl sites for hydroxylation is 2. The van der Waals surface area contributed by atoms with Gasteiger partial charge >= 0.3 is 0 Å². The summed E-state index contributed by atoms with van der Waals surface area (Å²) >= 11 is 0. The van der Waals surface area contributed by atoms with Gasteiger partial charge in [-0.3, -0.25) is 4.57 Å². The van der Waals surface area contributed by atoms with Crippen LogP contribution in [-0.4, -0.2) is 26.1 Å². The highest BCUT2D eigenvalue weighted by Crippen LogP contribution is 2.16. The quantitative estimate of drug-likeness (QED) is 0.878. The first-order valence-electron chi connectivity index (χ1n) is 5.72. The molecule has 0 fully saturated rings. The van der Waals surface area contributed by atoms with Crippen LogP contribution >= 0.6 is 0 Å². The summed E-state index contributed by atoms with van der Waals surface area (Å²) in [4.78, 5) is 13.0. The second kappa shape index (κ2) is 4.53. The van der Waals surface area contributed by atoms with Gasteiger partial charge in [-0.15, -0.1) is 0 Å². The molecule has 0 bridgehead atoms. The zero-order chi connectivity index (χ0) is 12.4. The Labute approximate surface area is 101 Å². The third-order valence-corrected chi connectivity index (χ3v) is 2.76. The molecule has 2 aromatic heterocycles. The Kier molecular flexibility index (Phi) is 3.08. The van der Waals surface area contributed by atoms with E-state index in [2.05, 4.69) is 20.3 Å². The Balaban J connectivity index is 2.50. The minimum absolute atomic E-state index is 0.652. The first-order chi connectivity index (χ1) is 8.13. The summed E-state index contributed by atoms with van der Waals surface area (Å²) in [5.41, 5.74) is 3.16. The number of anilines is 1. The van der Waals surface area contributed by atoms with Gasteiger partial charge in [0.2, 0.25) is 5.95 Å². The van der Waals surface area contributed by atoms with Crippen molar-refractivity contribution in [3.8, 4) is 5.82 Å². The highest BCUT2D eigenvalue weighted by atomic mass is 15.2. The van der Waals surface area contributed by atoms with E-state index in [0.29, 0.717) is 5.95 Å². The van der Waals surface area contributed by atoms with Crippen LogP contribution in [0.15, 0.2) is 12.5 Å². The average molecular weight is 231 g/mol. The molecule has 0 saturated heterocycles. The first-order valence-corrected chi connectivity index (χ1v) is 5.72. The lowest BCUT2D eigenvalue weighted by atomic mass is 10.3. The van der Waals surface area contributed by atoms with Gasteiger partial charge in [-0.2, -0.15) is 4.98 Å². The molecule has 2 rings (SSSR count). The SMILES string of the molecule is CCNc1ncc(C)c(-n2cnc(C)c2C)n1. The summed E-state index contributed by atoms with van der Waals surface area (Å²) in [5.74, 6) is 1.54. The molecule has 0 aliphatic rings. The minimum atomic E-state index is 0.652.